The molecule has 1 aromatic rings. The summed E-state index contributed by atoms with van der Waals surface area (Å²) in [5.41, 5.74) is 1.63. The van der Waals surface area contributed by atoms with E-state index in [0.717, 1.165) is 26.1 Å². The Balaban J connectivity index is 2.02. The first-order valence-corrected chi connectivity index (χ1v) is 5.28. The van der Waals surface area contributed by atoms with Gasteiger partial charge in [-0.25, -0.2) is 0 Å². The summed E-state index contributed by atoms with van der Waals surface area (Å²) in [5, 5.41) is 7.01. The van der Waals surface area contributed by atoms with Crippen molar-refractivity contribution in [1.29, 1.82) is 0 Å². The van der Waals surface area contributed by atoms with Gasteiger partial charge in [-0.2, -0.15) is 0 Å². The molecule has 1 aliphatic heterocycles. The second-order valence-corrected chi connectivity index (χ2v) is 4.33. The third-order valence-corrected chi connectivity index (χ3v) is 2.81. The third-order valence-electron chi connectivity index (χ3n) is 2.81. The Morgan fingerprint density at radius 2 is 2.00 bits per heavy atom. The molecule has 1 aliphatic rings. The van der Waals surface area contributed by atoms with E-state index in [1.54, 1.807) is 0 Å². The van der Waals surface area contributed by atoms with E-state index in [0.29, 0.717) is 0 Å². The van der Waals surface area contributed by atoms with Gasteiger partial charge in [0.2, 0.25) is 0 Å². The fourth-order valence-electron chi connectivity index (χ4n) is 2.05. The van der Waals surface area contributed by atoms with Crippen LogP contribution in [0, 0.1) is 0 Å². The summed E-state index contributed by atoms with van der Waals surface area (Å²) in [6.45, 7) is 5.50. The Kier molecular flexibility index (Phi) is 2.85. The Labute approximate surface area is 85.7 Å². The van der Waals surface area contributed by atoms with Crippen molar-refractivity contribution in [3.63, 3.8) is 0 Å². The van der Waals surface area contributed by atoms with Gasteiger partial charge in [0.05, 0.1) is 0 Å². The zero-order valence-electron chi connectivity index (χ0n) is 8.72. The van der Waals surface area contributed by atoms with Crippen LogP contribution in [0.5, 0.6) is 0 Å². The standard InChI is InChI=1S/C12H18N2/c1-12(10-13-7-8-14-12)9-11-5-3-2-4-6-11/h2-6,13-14H,7-10H2,1H3. The Bertz CT molecular complexity index is 276. The number of hydrogen-bond acceptors (Lipinski definition) is 2. The van der Waals surface area contributed by atoms with E-state index in [2.05, 4.69) is 47.9 Å². The molecular weight excluding hydrogens is 172 g/mol. The zero-order chi connectivity index (χ0) is 9.86. The van der Waals surface area contributed by atoms with Gasteiger partial charge in [0.1, 0.15) is 0 Å². The molecule has 0 aliphatic carbocycles. The van der Waals surface area contributed by atoms with Crippen LogP contribution in [0.3, 0.4) is 0 Å². The van der Waals surface area contributed by atoms with Crippen LogP contribution in [0.25, 0.3) is 0 Å². The van der Waals surface area contributed by atoms with Gasteiger partial charge < -0.3 is 10.6 Å². The van der Waals surface area contributed by atoms with Crippen molar-refractivity contribution in [3.05, 3.63) is 35.9 Å². The monoisotopic (exact) mass is 190 g/mol. The Morgan fingerprint density at radius 3 is 2.64 bits per heavy atom. The molecule has 2 rings (SSSR count). The molecule has 2 nitrogen and oxygen atoms in total. The Morgan fingerprint density at radius 1 is 1.21 bits per heavy atom. The van der Waals surface area contributed by atoms with Crippen LogP contribution >= 0.6 is 0 Å². The highest BCUT2D eigenvalue weighted by Crippen LogP contribution is 2.13. The molecule has 1 saturated heterocycles. The molecule has 1 heterocycles. The second-order valence-electron chi connectivity index (χ2n) is 4.33. The molecule has 0 saturated carbocycles. The number of rotatable bonds is 2. The number of benzene rings is 1. The van der Waals surface area contributed by atoms with Gasteiger partial charge in [-0.15, -0.1) is 0 Å². The van der Waals surface area contributed by atoms with Crippen molar-refractivity contribution in [2.45, 2.75) is 18.9 Å². The van der Waals surface area contributed by atoms with Crippen LogP contribution in [0.15, 0.2) is 30.3 Å². The van der Waals surface area contributed by atoms with Crippen LogP contribution in [0.4, 0.5) is 0 Å². The van der Waals surface area contributed by atoms with Crippen molar-refractivity contribution in [3.8, 4) is 0 Å². The first-order chi connectivity index (χ1) is 6.79. The summed E-state index contributed by atoms with van der Waals surface area (Å²) in [5.74, 6) is 0. The van der Waals surface area contributed by atoms with E-state index >= 15 is 0 Å². The van der Waals surface area contributed by atoms with Crippen molar-refractivity contribution < 1.29 is 0 Å². The highest BCUT2D eigenvalue weighted by molar-refractivity contribution is 5.18. The van der Waals surface area contributed by atoms with Crippen molar-refractivity contribution in [2.24, 2.45) is 0 Å². The molecule has 0 aromatic heterocycles. The lowest BCUT2D eigenvalue weighted by Gasteiger charge is -2.35. The van der Waals surface area contributed by atoms with Gasteiger partial charge >= 0.3 is 0 Å². The lowest BCUT2D eigenvalue weighted by molar-refractivity contribution is 0.295. The van der Waals surface area contributed by atoms with Gasteiger partial charge in [0.25, 0.3) is 0 Å². The van der Waals surface area contributed by atoms with Crippen molar-refractivity contribution in [2.75, 3.05) is 19.6 Å². The molecule has 76 valence electrons. The maximum absolute atomic E-state index is 3.58. The summed E-state index contributed by atoms with van der Waals surface area (Å²) in [6.07, 6.45) is 1.10. The molecule has 1 aromatic carbocycles. The van der Waals surface area contributed by atoms with Crippen LogP contribution in [-0.4, -0.2) is 25.2 Å². The minimum absolute atomic E-state index is 0.222. The van der Waals surface area contributed by atoms with Gasteiger partial charge in [-0.3, -0.25) is 0 Å². The average Bonchev–Trinajstić information content (AvgIpc) is 2.19. The fraction of sp³-hybridized carbons (Fsp3) is 0.500. The molecule has 2 N–H and O–H groups in total. The molecule has 0 bridgehead atoms. The minimum atomic E-state index is 0.222. The largest absolute Gasteiger partial charge is 0.314 e. The number of hydrogen-bond donors (Lipinski definition) is 2. The van der Waals surface area contributed by atoms with Crippen molar-refractivity contribution in [1.82, 2.24) is 10.6 Å². The lowest BCUT2D eigenvalue weighted by Crippen LogP contribution is -2.58. The van der Waals surface area contributed by atoms with E-state index in [-0.39, 0.29) is 5.54 Å². The highest BCUT2D eigenvalue weighted by Gasteiger charge is 2.25. The van der Waals surface area contributed by atoms with Crippen LogP contribution < -0.4 is 10.6 Å². The zero-order valence-corrected chi connectivity index (χ0v) is 8.72. The van der Waals surface area contributed by atoms with E-state index in [9.17, 15) is 0 Å². The molecule has 14 heavy (non-hydrogen) atoms. The maximum Gasteiger partial charge on any atom is 0.0318 e. The van der Waals surface area contributed by atoms with Gasteiger partial charge in [0, 0.05) is 25.2 Å². The molecule has 0 radical (unpaired) electrons. The first-order valence-electron chi connectivity index (χ1n) is 5.28. The molecule has 1 unspecified atom stereocenters. The summed E-state index contributed by atoms with van der Waals surface area (Å²) < 4.78 is 0. The molecule has 0 amide bonds. The predicted molar refractivity (Wildman–Crippen MR) is 59.4 cm³/mol. The molecular formula is C12H18N2. The maximum atomic E-state index is 3.58. The summed E-state index contributed by atoms with van der Waals surface area (Å²) in [7, 11) is 0. The summed E-state index contributed by atoms with van der Waals surface area (Å²) >= 11 is 0. The van der Waals surface area contributed by atoms with E-state index in [4.69, 9.17) is 0 Å². The molecule has 1 atom stereocenters. The third kappa shape index (κ3) is 2.34. The second kappa shape index (κ2) is 4.11. The number of nitrogens with one attached hydrogen (secondary N) is 2. The van der Waals surface area contributed by atoms with Crippen LogP contribution in [-0.2, 0) is 6.42 Å². The first kappa shape index (κ1) is 9.69. The van der Waals surface area contributed by atoms with Gasteiger partial charge in [-0.1, -0.05) is 30.3 Å². The molecule has 1 fully saturated rings. The Hall–Kier alpha value is -0.860. The predicted octanol–water partition coefficient (Wildman–Crippen LogP) is 1.18. The van der Waals surface area contributed by atoms with Crippen LogP contribution in [0.2, 0.25) is 0 Å². The minimum Gasteiger partial charge on any atom is -0.314 e. The van der Waals surface area contributed by atoms with Crippen LogP contribution in [0.1, 0.15) is 12.5 Å². The summed E-state index contributed by atoms with van der Waals surface area (Å²) in [6, 6.07) is 10.7. The lowest BCUT2D eigenvalue weighted by atomic mass is 9.91. The van der Waals surface area contributed by atoms with E-state index < -0.39 is 0 Å². The normalized spacial score (nSPS) is 27.5. The molecule has 0 spiro atoms. The highest BCUT2D eigenvalue weighted by atomic mass is 15.1. The quantitative estimate of drug-likeness (QED) is 0.732. The fourth-order valence-corrected chi connectivity index (χ4v) is 2.05. The smallest absolute Gasteiger partial charge is 0.0318 e. The molecule has 2 heteroatoms. The van der Waals surface area contributed by atoms with Crippen molar-refractivity contribution >= 4 is 0 Å². The van der Waals surface area contributed by atoms with Gasteiger partial charge in [-0.05, 0) is 18.9 Å². The van der Waals surface area contributed by atoms with E-state index in [1.807, 2.05) is 0 Å². The summed E-state index contributed by atoms with van der Waals surface area (Å²) in [4.78, 5) is 0. The SMILES string of the molecule is CC1(Cc2ccccc2)CNCCN1. The topological polar surface area (TPSA) is 24.1 Å². The van der Waals surface area contributed by atoms with Gasteiger partial charge in [0.15, 0.2) is 0 Å². The number of piperazine rings is 1. The van der Waals surface area contributed by atoms with E-state index in [1.165, 1.54) is 5.56 Å². The average molecular weight is 190 g/mol.